The Hall–Kier alpha value is -3.55. The number of anilines is 1. The maximum atomic E-state index is 12.8. The van der Waals surface area contributed by atoms with E-state index in [-0.39, 0.29) is 30.6 Å². The molecule has 8 heteroatoms. The molecule has 1 aliphatic rings. The van der Waals surface area contributed by atoms with E-state index in [0.717, 1.165) is 37.4 Å². The van der Waals surface area contributed by atoms with Crippen LogP contribution in [0.25, 0.3) is 10.9 Å². The Labute approximate surface area is 186 Å². The lowest BCUT2D eigenvalue weighted by Crippen LogP contribution is -2.47. The molecule has 2 heterocycles. The molecular weight excluding hydrogens is 408 g/mol. The van der Waals surface area contributed by atoms with Crippen LogP contribution in [0.1, 0.15) is 19.8 Å². The molecule has 1 aromatic heterocycles. The van der Waals surface area contributed by atoms with Gasteiger partial charge in [-0.3, -0.25) is 18.7 Å². The van der Waals surface area contributed by atoms with Crippen molar-refractivity contribution in [1.82, 2.24) is 14.5 Å². The molecule has 1 saturated heterocycles. The normalized spacial score (nSPS) is 14.5. The van der Waals surface area contributed by atoms with Crippen LogP contribution in [0, 0.1) is 0 Å². The van der Waals surface area contributed by atoms with Gasteiger partial charge in [0.1, 0.15) is 12.3 Å². The topological polar surface area (TPSA) is 85.6 Å². The standard InChI is InChI=1S/C24H28N4O4/c1-3-27-23(30)20-6-4-5-7-21(20)28(24(27)31)16-22(29)25-17-12-14-26(15-13-17)18-8-10-19(32-2)11-9-18/h4-11,17H,3,12-16H2,1-2H3,(H,25,29). The lowest BCUT2D eigenvalue weighted by atomic mass is 10.0. The molecule has 0 unspecified atom stereocenters. The van der Waals surface area contributed by atoms with Crippen molar-refractivity contribution in [3.63, 3.8) is 0 Å². The summed E-state index contributed by atoms with van der Waals surface area (Å²) < 4.78 is 7.77. The van der Waals surface area contributed by atoms with Crippen LogP contribution in [0.15, 0.2) is 58.1 Å². The van der Waals surface area contributed by atoms with Crippen LogP contribution in [-0.2, 0) is 17.9 Å². The van der Waals surface area contributed by atoms with Gasteiger partial charge in [-0.05, 0) is 56.2 Å². The van der Waals surface area contributed by atoms with E-state index < -0.39 is 5.69 Å². The van der Waals surface area contributed by atoms with Crippen molar-refractivity contribution < 1.29 is 9.53 Å². The molecule has 32 heavy (non-hydrogen) atoms. The first-order valence-corrected chi connectivity index (χ1v) is 10.9. The van der Waals surface area contributed by atoms with Crippen molar-refractivity contribution in [3.8, 4) is 5.75 Å². The summed E-state index contributed by atoms with van der Waals surface area (Å²) in [5.41, 5.74) is 0.837. The van der Waals surface area contributed by atoms with Crippen LogP contribution in [0.3, 0.4) is 0 Å². The van der Waals surface area contributed by atoms with Crippen LogP contribution < -0.4 is 26.2 Å². The number of nitrogens with one attached hydrogen (secondary N) is 1. The van der Waals surface area contributed by atoms with E-state index >= 15 is 0 Å². The number of piperidine rings is 1. The summed E-state index contributed by atoms with van der Waals surface area (Å²) in [5, 5.41) is 3.51. The van der Waals surface area contributed by atoms with E-state index in [2.05, 4.69) is 10.2 Å². The van der Waals surface area contributed by atoms with Gasteiger partial charge in [-0.15, -0.1) is 0 Å². The van der Waals surface area contributed by atoms with Gasteiger partial charge < -0.3 is 15.0 Å². The van der Waals surface area contributed by atoms with E-state index in [1.54, 1.807) is 38.3 Å². The minimum Gasteiger partial charge on any atom is -0.497 e. The Balaban J connectivity index is 1.43. The molecule has 1 N–H and O–H groups in total. The minimum atomic E-state index is -0.458. The molecular formula is C24H28N4O4. The van der Waals surface area contributed by atoms with Gasteiger partial charge in [0, 0.05) is 31.4 Å². The lowest BCUT2D eigenvalue weighted by molar-refractivity contribution is -0.122. The van der Waals surface area contributed by atoms with Crippen molar-refractivity contribution in [1.29, 1.82) is 0 Å². The molecule has 1 fully saturated rings. The van der Waals surface area contributed by atoms with E-state index in [1.165, 1.54) is 9.13 Å². The van der Waals surface area contributed by atoms with E-state index in [0.29, 0.717) is 10.9 Å². The first kappa shape index (κ1) is 21.7. The third kappa shape index (κ3) is 4.26. The number of carbonyl (C=O) groups excluding carboxylic acids is 1. The average molecular weight is 437 g/mol. The number of ether oxygens (including phenoxy) is 1. The highest BCUT2D eigenvalue weighted by atomic mass is 16.5. The first-order chi connectivity index (χ1) is 15.5. The summed E-state index contributed by atoms with van der Waals surface area (Å²) in [6, 6.07) is 14.9. The first-order valence-electron chi connectivity index (χ1n) is 10.9. The fraction of sp³-hybridized carbons (Fsp3) is 0.375. The van der Waals surface area contributed by atoms with Crippen molar-refractivity contribution in [3.05, 3.63) is 69.4 Å². The third-order valence-corrected chi connectivity index (χ3v) is 6.05. The zero-order valence-corrected chi connectivity index (χ0v) is 18.4. The largest absolute Gasteiger partial charge is 0.497 e. The molecule has 0 bridgehead atoms. The van der Waals surface area contributed by atoms with E-state index in [1.807, 2.05) is 24.3 Å². The molecule has 1 amide bonds. The monoisotopic (exact) mass is 436 g/mol. The summed E-state index contributed by atoms with van der Waals surface area (Å²) in [6.07, 6.45) is 1.64. The predicted octanol–water partition coefficient (Wildman–Crippen LogP) is 1.98. The summed E-state index contributed by atoms with van der Waals surface area (Å²) in [6.45, 7) is 3.56. The zero-order chi connectivity index (χ0) is 22.7. The Morgan fingerprint density at radius 1 is 1.03 bits per heavy atom. The molecule has 4 rings (SSSR count). The molecule has 8 nitrogen and oxygen atoms in total. The van der Waals surface area contributed by atoms with Crippen LogP contribution in [0.4, 0.5) is 5.69 Å². The second kappa shape index (κ2) is 9.30. The molecule has 3 aromatic rings. The predicted molar refractivity (Wildman–Crippen MR) is 125 cm³/mol. The molecule has 0 spiro atoms. The van der Waals surface area contributed by atoms with Crippen LogP contribution in [0.2, 0.25) is 0 Å². The van der Waals surface area contributed by atoms with Crippen molar-refractivity contribution in [2.24, 2.45) is 0 Å². The van der Waals surface area contributed by atoms with Crippen molar-refractivity contribution >= 4 is 22.5 Å². The van der Waals surface area contributed by atoms with Gasteiger partial charge in [-0.25, -0.2) is 4.79 Å². The minimum absolute atomic E-state index is 0.0519. The SMILES string of the molecule is CCn1c(=O)c2ccccc2n(CC(=O)NC2CCN(c3ccc(OC)cc3)CC2)c1=O. The summed E-state index contributed by atoms with van der Waals surface area (Å²) >= 11 is 0. The van der Waals surface area contributed by atoms with Gasteiger partial charge in [0.05, 0.1) is 18.0 Å². The van der Waals surface area contributed by atoms with Gasteiger partial charge in [0.25, 0.3) is 5.56 Å². The second-order valence-corrected chi connectivity index (χ2v) is 7.96. The number of nitrogens with zero attached hydrogens (tertiary/aromatic N) is 3. The number of methoxy groups -OCH3 is 1. The third-order valence-electron chi connectivity index (χ3n) is 6.05. The van der Waals surface area contributed by atoms with Crippen LogP contribution in [-0.4, -0.2) is 41.3 Å². The number of fused-ring (bicyclic) bond motifs is 1. The zero-order valence-electron chi connectivity index (χ0n) is 18.4. The highest BCUT2D eigenvalue weighted by Crippen LogP contribution is 2.22. The van der Waals surface area contributed by atoms with Crippen molar-refractivity contribution in [2.45, 2.75) is 38.9 Å². The van der Waals surface area contributed by atoms with Gasteiger partial charge in [-0.2, -0.15) is 0 Å². The second-order valence-electron chi connectivity index (χ2n) is 7.96. The van der Waals surface area contributed by atoms with E-state index in [4.69, 9.17) is 4.74 Å². The van der Waals surface area contributed by atoms with Crippen LogP contribution >= 0.6 is 0 Å². The number of aromatic nitrogens is 2. The molecule has 0 aliphatic carbocycles. The number of hydrogen-bond acceptors (Lipinski definition) is 5. The van der Waals surface area contributed by atoms with E-state index in [9.17, 15) is 14.4 Å². The maximum Gasteiger partial charge on any atom is 0.331 e. The Morgan fingerprint density at radius 3 is 2.38 bits per heavy atom. The van der Waals surface area contributed by atoms with Gasteiger partial charge in [-0.1, -0.05) is 12.1 Å². The molecule has 0 atom stereocenters. The fourth-order valence-electron chi connectivity index (χ4n) is 4.29. The number of rotatable bonds is 6. The number of benzene rings is 2. The summed E-state index contributed by atoms with van der Waals surface area (Å²) in [4.78, 5) is 40.5. The Morgan fingerprint density at radius 2 is 1.72 bits per heavy atom. The van der Waals surface area contributed by atoms with Crippen molar-refractivity contribution in [2.75, 3.05) is 25.1 Å². The highest BCUT2D eigenvalue weighted by molar-refractivity contribution is 5.81. The number of para-hydroxylation sites is 1. The Bertz CT molecular complexity index is 1220. The molecule has 168 valence electrons. The molecule has 2 aromatic carbocycles. The quantitative estimate of drug-likeness (QED) is 0.639. The summed E-state index contributed by atoms with van der Waals surface area (Å²) in [7, 11) is 1.65. The van der Waals surface area contributed by atoms with Gasteiger partial charge in [0.15, 0.2) is 0 Å². The lowest BCUT2D eigenvalue weighted by Gasteiger charge is -2.34. The smallest absolute Gasteiger partial charge is 0.331 e. The fourth-order valence-corrected chi connectivity index (χ4v) is 4.29. The maximum absolute atomic E-state index is 12.8. The van der Waals surface area contributed by atoms with Gasteiger partial charge >= 0.3 is 5.69 Å². The van der Waals surface area contributed by atoms with Crippen LogP contribution in [0.5, 0.6) is 5.75 Å². The van der Waals surface area contributed by atoms with Gasteiger partial charge in [0.2, 0.25) is 5.91 Å². The molecule has 1 aliphatic heterocycles. The average Bonchev–Trinajstić information content (AvgIpc) is 2.83. The number of carbonyl (C=O) groups is 1. The number of amides is 1. The summed E-state index contributed by atoms with van der Waals surface area (Å²) in [5.74, 6) is 0.606. The number of hydrogen-bond donors (Lipinski definition) is 1. The Kier molecular flexibility index (Phi) is 6.30. The molecule has 0 radical (unpaired) electrons. The molecule has 0 saturated carbocycles. The highest BCUT2D eigenvalue weighted by Gasteiger charge is 2.22.